The van der Waals surface area contributed by atoms with Crippen LogP contribution in [0.3, 0.4) is 0 Å². The second-order valence-corrected chi connectivity index (χ2v) is 5.75. The largest absolute Gasteiger partial charge is 0.427 e. The molecule has 1 rings (SSSR count). The zero-order valence-corrected chi connectivity index (χ0v) is 11.9. The first-order valence-corrected chi connectivity index (χ1v) is 6.50. The number of halogens is 2. The monoisotopic (exact) mass is 297 g/mol. The molecule has 0 aromatic rings. The van der Waals surface area contributed by atoms with Gasteiger partial charge in [-0.3, -0.25) is 15.5 Å². The van der Waals surface area contributed by atoms with Crippen molar-refractivity contribution in [2.75, 3.05) is 26.3 Å². The van der Waals surface area contributed by atoms with Gasteiger partial charge in [0.15, 0.2) is 0 Å². The van der Waals surface area contributed by atoms with Crippen molar-refractivity contribution >= 4 is 29.0 Å². The molecule has 0 amide bonds. The van der Waals surface area contributed by atoms with Gasteiger partial charge in [-0.1, -0.05) is 6.92 Å². The molecule has 18 heavy (non-hydrogen) atoms. The van der Waals surface area contributed by atoms with Crippen LogP contribution in [0.5, 0.6) is 0 Å². The number of hydrogen-bond donors (Lipinski definition) is 1. The van der Waals surface area contributed by atoms with Crippen LogP contribution in [0.2, 0.25) is 0 Å². The Morgan fingerprint density at radius 1 is 1.61 bits per heavy atom. The van der Waals surface area contributed by atoms with Crippen molar-refractivity contribution in [1.29, 1.82) is 5.41 Å². The molecule has 1 heterocycles. The van der Waals surface area contributed by atoms with Crippen molar-refractivity contribution < 1.29 is 9.66 Å². The Morgan fingerprint density at radius 2 is 2.22 bits per heavy atom. The number of likely N-dealkylation sites (N-methyl/N-ethyl adjacent to an activating group) is 1. The summed E-state index contributed by atoms with van der Waals surface area (Å²) in [7, 11) is 0. The van der Waals surface area contributed by atoms with Gasteiger partial charge < -0.3 is 9.64 Å². The Kier molecular flexibility index (Phi) is 5.19. The predicted molar refractivity (Wildman–Crippen MR) is 69.9 cm³/mol. The van der Waals surface area contributed by atoms with Gasteiger partial charge in [-0.25, -0.2) is 0 Å². The molecule has 0 aliphatic carbocycles. The first-order valence-electron chi connectivity index (χ1n) is 5.74. The predicted octanol–water partition coefficient (Wildman–Crippen LogP) is 1.98. The Morgan fingerprint density at radius 3 is 2.61 bits per heavy atom. The molecule has 0 spiro atoms. The topological polar surface area (TPSA) is 79.5 Å². The number of hydrogen-bond acceptors (Lipinski definition) is 4. The van der Waals surface area contributed by atoms with E-state index in [9.17, 15) is 10.1 Å². The second kappa shape index (κ2) is 6.04. The molecule has 1 fully saturated rings. The molecule has 8 heteroatoms. The van der Waals surface area contributed by atoms with Gasteiger partial charge in [0.2, 0.25) is 5.84 Å². The third-order valence-electron chi connectivity index (χ3n) is 3.18. The molecule has 0 saturated carbocycles. The first-order chi connectivity index (χ1) is 8.30. The van der Waals surface area contributed by atoms with Crippen LogP contribution in [0.15, 0.2) is 0 Å². The summed E-state index contributed by atoms with van der Waals surface area (Å²) in [5.74, 6) is 0.209. The molecule has 0 aromatic heterocycles. The summed E-state index contributed by atoms with van der Waals surface area (Å²) in [6, 6.07) is 0. The number of nitro groups is 1. The van der Waals surface area contributed by atoms with Crippen LogP contribution in [0.4, 0.5) is 0 Å². The van der Waals surface area contributed by atoms with Crippen molar-refractivity contribution in [3.63, 3.8) is 0 Å². The van der Waals surface area contributed by atoms with E-state index in [1.807, 2.05) is 0 Å². The molecular weight excluding hydrogens is 281 g/mol. The first kappa shape index (κ1) is 15.5. The van der Waals surface area contributed by atoms with E-state index in [-0.39, 0.29) is 5.92 Å². The van der Waals surface area contributed by atoms with Crippen LogP contribution >= 0.6 is 23.2 Å². The highest BCUT2D eigenvalue weighted by Gasteiger charge is 2.47. The maximum absolute atomic E-state index is 10.7. The maximum atomic E-state index is 10.7. The van der Waals surface area contributed by atoms with Crippen LogP contribution in [0, 0.1) is 27.4 Å². The summed E-state index contributed by atoms with van der Waals surface area (Å²) in [4.78, 5) is 11.4. The smallest absolute Gasteiger partial charge is 0.381 e. The second-order valence-electron chi connectivity index (χ2n) is 4.46. The summed E-state index contributed by atoms with van der Waals surface area (Å²) in [6.07, 6.45) is 0. The molecule has 0 radical (unpaired) electrons. The Bertz CT molecular complexity index is 338. The van der Waals surface area contributed by atoms with Crippen molar-refractivity contribution in [2.45, 2.75) is 18.3 Å². The maximum Gasteiger partial charge on any atom is 0.427 e. The van der Waals surface area contributed by atoms with E-state index in [1.165, 1.54) is 4.90 Å². The van der Waals surface area contributed by atoms with Crippen LogP contribution < -0.4 is 0 Å². The molecular formula is C10H17Cl2N3O3. The van der Waals surface area contributed by atoms with E-state index in [0.717, 1.165) is 0 Å². The van der Waals surface area contributed by atoms with Crippen LogP contribution in [0.25, 0.3) is 0 Å². The molecule has 1 aliphatic heterocycles. The average Bonchev–Trinajstić information content (AvgIpc) is 2.70. The standard InChI is InChI=1S/C10H17Cl2N3O3/c1-3-14(4-8-6-18-5-7(8)2)9(13)10(11,12)15(16)17/h7-8,13H,3-6H2,1-2H3. The lowest BCUT2D eigenvalue weighted by atomic mass is 9.97. The molecule has 104 valence electrons. The zero-order chi connectivity index (χ0) is 13.9. The van der Waals surface area contributed by atoms with Crippen molar-refractivity contribution in [3.8, 4) is 0 Å². The van der Waals surface area contributed by atoms with Crippen molar-refractivity contribution in [3.05, 3.63) is 10.1 Å². The van der Waals surface area contributed by atoms with Gasteiger partial charge in [0.1, 0.15) is 0 Å². The van der Waals surface area contributed by atoms with E-state index < -0.39 is 15.2 Å². The molecule has 0 aromatic carbocycles. The summed E-state index contributed by atoms with van der Waals surface area (Å²) in [5, 5.41) is 18.5. The molecule has 6 nitrogen and oxygen atoms in total. The van der Waals surface area contributed by atoms with Crippen molar-refractivity contribution in [1.82, 2.24) is 4.90 Å². The summed E-state index contributed by atoms with van der Waals surface area (Å²) < 4.78 is 2.94. The van der Waals surface area contributed by atoms with E-state index in [4.69, 9.17) is 33.3 Å². The lowest BCUT2D eigenvalue weighted by molar-refractivity contribution is -0.498. The van der Waals surface area contributed by atoms with Crippen LogP contribution in [-0.2, 0) is 4.74 Å². The minimum Gasteiger partial charge on any atom is -0.381 e. The minimum absolute atomic E-state index is 0.237. The third kappa shape index (κ3) is 3.24. The van der Waals surface area contributed by atoms with Gasteiger partial charge in [-0.15, -0.1) is 0 Å². The fourth-order valence-electron chi connectivity index (χ4n) is 1.88. The Labute approximate surface area is 116 Å². The lowest BCUT2D eigenvalue weighted by Crippen LogP contribution is -2.48. The lowest BCUT2D eigenvalue weighted by Gasteiger charge is -2.29. The number of amidine groups is 1. The highest BCUT2D eigenvalue weighted by molar-refractivity contribution is 6.56. The normalized spacial score (nSPS) is 24.0. The molecule has 2 atom stereocenters. The van der Waals surface area contributed by atoms with Gasteiger partial charge in [0.05, 0.1) is 11.5 Å². The number of ether oxygens (including phenoxy) is 1. The van der Waals surface area contributed by atoms with E-state index in [1.54, 1.807) is 6.92 Å². The zero-order valence-electron chi connectivity index (χ0n) is 10.4. The van der Waals surface area contributed by atoms with Gasteiger partial charge in [-0.2, -0.15) is 0 Å². The Hall–Kier alpha value is -0.590. The van der Waals surface area contributed by atoms with Gasteiger partial charge >= 0.3 is 4.46 Å². The molecule has 0 bridgehead atoms. The fraction of sp³-hybridized carbons (Fsp3) is 0.900. The fourth-order valence-corrected chi connectivity index (χ4v) is 2.12. The van der Waals surface area contributed by atoms with Gasteiger partial charge in [0.25, 0.3) is 0 Å². The van der Waals surface area contributed by atoms with Gasteiger partial charge in [-0.05, 0) is 36.0 Å². The highest BCUT2D eigenvalue weighted by atomic mass is 35.5. The molecule has 1 aliphatic rings. The van der Waals surface area contributed by atoms with Crippen molar-refractivity contribution in [2.24, 2.45) is 11.8 Å². The van der Waals surface area contributed by atoms with E-state index >= 15 is 0 Å². The average molecular weight is 298 g/mol. The number of alkyl halides is 2. The van der Waals surface area contributed by atoms with E-state index in [2.05, 4.69) is 6.92 Å². The van der Waals surface area contributed by atoms with Gasteiger partial charge in [0, 0.05) is 25.6 Å². The van der Waals surface area contributed by atoms with Crippen LogP contribution in [-0.4, -0.2) is 46.4 Å². The highest BCUT2D eigenvalue weighted by Crippen LogP contribution is 2.27. The third-order valence-corrected chi connectivity index (χ3v) is 3.82. The molecule has 2 unspecified atom stereocenters. The Balaban J connectivity index is 2.71. The molecule has 1 N–H and O–H groups in total. The number of rotatable bonds is 5. The molecule has 1 saturated heterocycles. The summed E-state index contributed by atoms with van der Waals surface area (Å²) in [5.41, 5.74) is 0. The van der Waals surface area contributed by atoms with E-state index in [0.29, 0.717) is 32.2 Å². The summed E-state index contributed by atoms with van der Waals surface area (Å²) >= 11 is 11.2. The minimum atomic E-state index is -2.39. The summed E-state index contributed by atoms with van der Waals surface area (Å²) in [6.45, 7) is 6.07. The quantitative estimate of drug-likeness (QED) is 0.210. The number of nitrogens with zero attached hydrogens (tertiary/aromatic N) is 2. The van der Waals surface area contributed by atoms with Crippen LogP contribution in [0.1, 0.15) is 13.8 Å². The SMILES string of the molecule is CCN(CC1COCC1C)C(=N)C(Cl)(Cl)[N+](=O)[O-]. The number of nitrogens with one attached hydrogen (secondary N) is 1.